The number of nitrogens with one attached hydrogen (secondary N) is 1. The number of nitrogens with zero attached hydrogens (tertiary/aromatic N) is 3. The van der Waals surface area contributed by atoms with Crippen LogP contribution in [0.25, 0.3) is 0 Å². The molecule has 0 amide bonds. The molecule has 0 aromatic carbocycles. The summed E-state index contributed by atoms with van der Waals surface area (Å²) in [6, 6.07) is 0. The first-order valence-electron chi connectivity index (χ1n) is 6.66. The Balaban J connectivity index is 2.66. The van der Waals surface area contributed by atoms with E-state index >= 15 is 0 Å². The highest BCUT2D eigenvalue weighted by molar-refractivity contribution is 9.10. The SMILES string of the molecule is CCCCCN(C)c1nc(NCCC)ncc1Br. The number of halogens is 1. The quantitative estimate of drug-likeness (QED) is 0.743. The van der Waals surface area contributed by atoms with E-state index < -0.39 is 0 Å². The molecule has 1 heterocycles. The van der Waals surface area contributed by atoms with E-state index in [1.807, 2.05) is 6.20 Å². The van der Waals surface area contributed by atoms with E-state index in [4.69, 9.17) is 0 Å². The maximum Gasteiger partial charge on any atom is 0.224 e. The van der Waals surface area contributed by atoms with Crippen molar-refractivity contribution in [1.82, 2.24) is 9.97 Å². The molecule has 1 rings (SSSR count). The van der Waals surface area contributed by atoms with Crippen molar-refractivity contribution in [3.05, 3.63) is 10.7 Å². The smallest absolute Gasteiger partial charge is 0.224 e. The summed E-state index contributed by atoms with van der Waals surface area (Å²) in [7, 11) is 2.08. The van der Waals surface area contributed by atoms with Gasteiger partial charge >= 0.3 is 0 Å². The van der Waals surface area contributed by atoms with E-state index in [0.717, 1.165) is 29.8 Å². The summed E-state index contributed by atoms with van der Waals surface area (Å²) >= 11 is 3.51. The molecular formula is C13H23BrN4. The summed E-state index contributed by atoms with van der Waals surface area (Å²) in [6.45, 7) is 6.27. The van der Waals surface area contributed by atoms with Gasteiger partial charge in [0, 0.05) is 26.3 Å². The molecule has 0 spiro atoms. The number of hydrogen-bond acceptors (Lipinski definition) is 4. The van der Waals surface area contributed by atoms with Crippen LogP contribution in [0.15, 0.2) is 10.7 Å². The molecular weight excluding hydrogens is 292 g/mol. The molecule has 0 unspecified atom stereocenters. The van der Waals surface area contributed by atoms with Crippen molar-refractivity contribution in [3.63, 3.8) is 0 Å². The third-order valence-corrected chi connectivity index (χ3v) is 3.28. The maximum atomic E-state index is 4.55. The van der Waals surface area contributed by atoms with Crippen molar-refractivity contribution >= 4 is 27.7 Å². The molecule has 0 bridgehead atoms. The standard InChI is InChI=1S/C13H23BrN4/c1-4-6-7-9-18(3)12-11(14)10-16-13(17-12)15-8-5-2/h10H,4-9H2,1-3H3,(H,15,16,17). The minimum atomic E-state index is 0.706. The lowest BCUT2D eigenvalue weighted by molar-refractivity contribution is 0.700. The minimum absolute atomic E-state index is 0.706. The second-order valence-electron chi connectivity index (χ2n) is 4.42. The fraction of sp³-hybridized carbons (Fsp3) is 0.692. The van der Waals surface area contributed by atoms with Gasteiger partial charge in [-0.1, -0.05) is 26.7 Å². The lowest BCUT2D eigenvalue weighted by Crippen LogP contribution is -2.21. The minimum Gasteiger partial charge on any atom is -0.359 e. The number of rotatable bonds is 8. The Hall–Kier alpha value is -0.840. The van der Waals surface area contributed by atoms with Crippen molar-refractivity contribution in [3.8, 4) is 0 Å². The number of anilines is 2. The Morgan fingerprint density at radius 1 is 1.28 bits per heavy atom. The van der Waals surface area contributed by atoms with Crippen molar-refractivity contribution < 1.29 is 0 Å². The second kappa shape index (κ2) is 8.29. The molecule has 102 valence electrons. The van der Waals surface area contributed by atoms with Crippen LogP contribution in [-0.2, 0) is 0 Å². The Morgan fingerprint density at radius 3 is 2.72 bits per heavy atom. The summed E-state index contributed by atoms with van der Waals surface area (Å²) in [4.78, 5) is 11.0. The molecule has 18 heavy (non-hydrogen) atoms. The van der Waals surface area contributed by atoms with Gasteiger partial charge in [0.15, 0.2) is 0 Å². The fourth-order valence-electron chi connectivity index (χ4n) is 1.65. The molecule has 0 atom stereocenters. The van der Waals surface area contributed by atoms with E-state index in [-0.39, 0.29) is 0 Å². The van der Waals surface area contributed by atoms with Crippen LogP contribution in [0.1, 0.15) is 39.5 Å². The first-order valence-corrected chi connectivity index (χ1v) is 7.45. The van der Waals surface area contributed by atoms with Gasteiger partial charge in [-0.3, -0.25) is 0 Å². The van der Waals surface area contributed by atoms with Gasteiger partial charge in [0.05, 0.1) is 4.47 Å². The van der Waals surface area contributed by atoms with Crippen molar-refractivity contribution in [2.45, 2.75) is 39.5 Å². The van der Waals surface area contributed by atoms with E-state index in [2.05, 4.69) is 57.0 Å². The monoisotopic (exact) mass is 314 g/mol. The molecule has 0 aliphatic heterocycles. The van der Waals surface area contributed by atoms with E-state index in [0.29, 0.717) is 5.95 Å². The molecule has 0 fully saturated rings. The van der Waals surface area contributed by atoms with Gasteiger partial charge in [0.25, 0.3) is 0 Å². The van der Waals surface area contributed by atoms with E-state index in [9.17, 15) is 0 Å². The van der Waals surface area contributed by atoms with Crippen molar-refractivity contribution in [2.75, 3.05) is 30.4 Å². The molecule has 4 nitrogen and oxygen atoms in total. The third kappa shape index (κ3) is 4.80. The van der Waals surface area contributed by atoms with Gasteiger partial charge in [0.2, 0.25) is 5.95 Å². The summed E-state index contributed by atoms with van der Waals surface area (Å²) in [5.41, 5.74) is 0. The van der Waals surface area contributed by atoms with Gasteiger partial charge < -0.3 is 10.2 Å². The first-order chi connectivity index (χ1) is 8.69. The zero-order chi connectivity index (χ0) is 13.4. The topological polar surface area (TPSA) is 41.1 Å². The largest absolute Gasteiger partial charge is 0.359 e. The molecule has 5 heteroatoms. The van der Waals surface area contributed by atoms with Gasteiger partial charge in [-0.2, -0.15) is 4.98 Å². The Kier molecular flexibility index (Phi) is 7.01. The van der Waals surface area contributed by atoms with Crippen LogP contribution in [0.2, 0.25) is 0 Å². The summed E-state index contributed by atoms with van der Waals surface area (Å²) in [5, 5.41) is 3.21. The van der Waals surface area contributed by atoms with Crippen LogP contribution in [0.3, 0.4) is 0 Å². The first kappa shape index (κ1) is 15.2. The fourth-order valence-corrected chi connectivity index (χ4v) is 2.15. The predicted molar refractivity (Wildman–Crippen MR) is 81.3 cm³/mol. The zero-order valence-electron chi connectivity index (χ0n) is 11.5. The average molecular weight is 315 g/mol. The van der Waals surface area contributed by atoms with E-state index in [1.165, 1.54) is 19.3 Å². The molecule has 0 aliphatic rings. The van der Waals surface area contributed by atoms with E-state index in [1.54, 1.807) is 0 Å². The van der Waals surface area contributed by atoms with Crippen LogP contribution in [0.4, 0.5) is 11.8 Å². The predicted octanol–water partition coefficient (Wildman–Crippen LogP) is 3.69. The molecule has 1 N–H and O–H groups in total. The van der Waals surface area contributed by atoms with Crippen LogP contribution in [0, 0.1) is 0 Å². The molecule has 0 saturated heterocycles. The summed E-state index contributed by atoms with van der Waals surface area (Å²) in [6.07, 6.45) is 6.58. The highest BCUT2D eigenvalue weighted by Crippen LogP contribution is 2.23. The van der Waals surface area contributed by atoms with Gasteiger partial charge in [-0.25, -0.2) is 4.98 Å². The normalized spacial score (nSPS) is 10.4. The van der Waals surface area contributed by atoms with Crippen molar-refractivity contribution in [2.24, 2.45) is 0 Å². The number of aromatic nitrogens is 2. The average Bonchev–Trinajstić information content (AvgIpc) is 2.38. The molecule has 0 aliphatic carbocycles. The second-order valence-corrected chi connectivity index (χ2v) is 5.27. The Morgan fingerprint density at radius 2 is 2.06 bits per heavy atom. The van der Waals surface area contributed by atoms with Crippen LogP contribution in [-0.4, -0.2) is 30.1 Å². The van der Waals surface area contributed by atoms with Crippen LogP contribution in [0.5, 0.6) is 0 Å². The molecule has 1 aromatic rings. The lowest BCUT2D eigenvalue weighted by Gasteiger charge is -2.19. The Labute approximate surface area is 118 Å². The van der Waals surface area contributed by atoms with Crippen LogP contribution >= 0.6 is 15.9 Å². The molecule has 1 aromatic heterocycles. The Bertz CT molecular complexity index is 357. The number of hydrogen-bond donors (Lipinski definition) is 1. The third-order valence-electron chi connectivity index (χ3n) is 2.72. The van der Waals surface area contributed by atoms with Crippen LogP contribution < -0.4 is 10.2 Å². The highest BCUT2D eigenvalue weighted by atomic mass is 79.9. The van der Waals surface area contributed by atoms with Gasteiger partial charge in [-0.15, -0.1) is 0 Å². The summed E-state index contributed by atoms with van der Waals surface area (Å²) < 4.78 is 0.948. The molecule has 0 radical (unpaired) electrons. The molecule has 0 saturated carbocycles. The zero-order valence-corrected chi connectivity index (χ0v) is 13.1. The lowest BCUT2D eigenvalue weighted by atomic mass is 10.2. The maximum absolute atomic E-state index is 4.55. The van der Waals surface area contributed by atoms with Crippen molar-refractivity contribution in [1.29, 1.82) is 0 Å². The highest BCUT2D eigenvalue weighted by Gasteiger charge is 2.09. The van der Waals surface area contributed by atoms with Gasteiger partial charge in [0.1, 0.15) is 5.82 Å². The van der Waals surface area contributed by atoms with Gasteiger partial charge in [-0.05, 0) is 28.8 Å². The summed E-state index contributed by atoms with van der Waals surface area (Å²) in [5.74, 6) is 1.66. The number of unbranched alkanes of at least 4 members (excludes halogenated alkanes) is 2.